The average Bonchev–Trinajstić information content (AvgIpc) is 3.57. The van der Waals surface area contributed by atoms with Gasteiger partial charge < -0.3 is 69.3 Å². The standard InChI is InChI=1S/C39H64O14/c1-17-6-11-39(48-16-17)18(2)27-24(53-39)13-23-21-12-26(41)38(47)14-20(7-10-37(38,5)22(21)8-9-36(23,27)4)50-35-32(46)30(44)33(25(15-40)51-35)52-34-31(45)29(43)28(42)19(3)49-34/h17-35,40-47H,6-16H2,1-5H3. The highest BCUT2D eigenvalue weighted by Crippen LogP contribution is 2.72. The fourth-order valence-electron chi connectivity index (χ4n) is 13.2. The Hall–Kier alpha value is -0.560. The average molecular weight is 757 g/mol. The Morgan fingerprint density at radius 1 is 0.755 bits per heavy atom. The molecule has 304 valence electrons. The van der Waals surface area contributed by atoms with Gasteiger partial charge in [0.15, 0.2) is 18.4 Å². The number of fused-ring (bicyclic) bond motifs is 7. The molecule has 0 bridgehead atoms. The Balaban J connectivity index is 0.934. The molecule has 0 aromatic carbocycles. The molecular formula is C39H64O14. The van der Waals surface area contributed by atoms with E-state index in [9.17, 15) is 40.9 Å². The lowest BCUT2D eigenvalue weighted by Crippen LogP contribution is -2.69. The van der Waals surface area contributed by atoms with Gasteiger partial charge in [-0.25, -0.2) is 0 Å². The highest BCUT2D eigenvalue weighted by Gasteiger charge is 2.72. The van der Waals surface area contributed by atoms with Crippen LogP contribution in [0.1, 0.15) is 92.4 Å². The van der Waals surface area contributed by atoms with Crippen molar-refractivity contribution < 1.29 is 69.3 Å². The molecule has 1 spiro atoms. The molecule has 8 rings (SSSR count). The van der Waals surface area contributed by atoms with Crippen molar-refractivity contribution in [1.82, 2.24) is 0 Å². The lowest BCUT2D eigenvalue weighted by Gasteiger charge is -2.65. The number of aliphatic hydroxyl groups is 8. The van der Waals surface area contributed by atoms with Crippen LogP contribution < -0.4 is 0 Å². The molecule has 4 saturated heterocycles. The minimum Gasteiger partial charge on any atom is -0.394 e. The van der Waals surface area contributed by atoms with Crippen molar-refractivity contribution in [2.24, 2.45) is 46.3 Å². The summed E-state index contributed by atoms with van der Waals surface area (Å²) in [6.07, 6.45) is -8.94. The van der Waals surface area contributed by atoms with Crippen LogP contribution in [0.2, 0.25) is 0 Å². The second kappa shape index (κ2) is 13.8. The SMILES string of the molecule is CC1CCC2(OC1)OC1CC3C4CC(O)C5(O)CC(OC6OC(CO)C(OC7OC(C)C(O)C(O)C7O)C(O)C6O)CCC5(C)C4CCC3(C)C1C2C. The first-order valence-corrected chi connectivity index (χ1v) is 20.3. The van der Waals surface area contributed by atoms with E-state index in [1.807, 2.05) is 0 Å². The van der Waals surface area contributed by atoms with Crippen LogP contribution in [0.15, 0.2) is 0 Å². The van der Waals surface area contributed by atoms with Gasteiger partial charge in [0.1, 0.15) is 42.7 Å². The van der Waals surface area contributed by atoms with E-state index in [2.05, 4.69) is 27.7 Å². The van der Waals surface area contributed by atoms with E-state index in [4.69, 9.17) is 28.4 Å². The summed E-state index contributed by atoms with van der Waals surface area (Å²) in [4.78, 5) is 0. The highest BCUT2D eigenvalue weighted by molar-refractivity contribution is 5.20. The fraction of sp³-hybridized carbons (Fsp3) is 1.00. The maximum absolute atomic E-state index is 12.5. The third-order valence-corrected chi connectivity index (χ3v) is 16.3. The van der Waals surface area contributed by atoms with Crippen molar-refractivity contribution in [3.05, 3.63) is 0 Å². The second-order valence-electron chi connectivity index (χ2n) is 19.0. The van der Waals surface area contributed by atoms with Crippen LogP contribution in [0.25, 0.3) is 0 Å². The van der Waals surface area contributed by atoms with E-state index in [0.717, 1.165) is 38.7 Å². The quantitative estimate of drug-likeness (QED) is 0.180. The van der Waals surface area contributed by atoms with Gasteiger partial charge in [-0.05, 0) is 86.9 Å². The molecule has 4 saturated carbocycles. The van der Waals surface area contributed by atoms with E-state index in [0.29, 0.717) is 42.9 Å². The van der Waals surface area contributed by atoms with Crippen molar-refractivity contribution in [2.45, 2.75) is 184 Å². The summed E-state index contributed by atoms with van der Waals surface area (Å²) in [5, 5.41) is 87.6. The summed E-state index contributed by atoms with van der Waals surface area (Å²) < 4.78 is 36.8. The molecule has 0 amide bonds. The molecule has 4 heterocycles. The van der Waals surface area contributed by atoms with E-state index in [1.165, 1.54) is 6.92 Å². The number of hydrogen-bond acceptors (Lipinski definition) is 14. The number of hydrogen-bond donors (Lipinski definition) is 8. The van der Waals surface area contributed by atoms with Crippen molar-refractivity contribution in [3.8, 4) is 0 Å². The third-order valence-electron chi connectivity index (χ3n) is 16.3. The Morgan fingerprint density at radius 3 is 2.17 bits per heavy atom. The molecule has 23 atom stereocenters. The van der Waals surface area contributed by atoms with Crippen LogP contribution in [0.3, 0.4) is 0 Å². The first-order chi connectivity index (χ1) is 25.0. The predicted octanol–water partition coefficient (Wildman–Crippen LogP) is 0.556. The molecule has 4 aliphatic heterocycles. The van der Waals surface area contributed by atoms with Crippen molar-refractivity contribution in [2.75, 3.05) is 13.2 Å². The van der Waals surface area contributed by atoms with Crippen molar-refractivity contribution >= 4 is 0 Å². The van der Waals surface area contributed by atoms with E-state index >= 15 is 0 Å². The summed E-state index contributed by atoms with van der Waals surface area (Å²) in [6, 6.07) is 0. The van der Waals surface area contributed by atoms with Gasteiger partial charge in [0, 0.05) is 24.2 Å². The number of ether oxygens (including phenoxy) is 6. The molecule has 0 radical (unpaired) electrons. The minimum atomic E-state index is -1.66. The van der Waals surface area contributed by atoms with E-state index < -0.39 is 97.0 Å². The van der Waals surface area contributed by atoms with Crippen molar-refractivity contribution in [3.63, 3.8) is 0 Å². The molecule has 53 heavy (non-hydrogen) atoms. The van der Waals surface area contributed by atoms with Gasteiger partial charge in [0.25, 0.3) is 0 Å². The number of aliphatic hydroxyl groups excluding tert-OH is 7. The molecule has 14 nitrogen and oxygen atoms in total. The highest BCUT2D eigenvalue weighted by atomic mass is 16.7. The van der Waals surface area contributed by atoms with Crippen LogP contribution in [0.4, 0.5) is 0 Å². The Kier molecular flexibility index (Phi) is 10.2. The van der Waals surface area contributed by atoms with Crippen LogP contribution in [0.5, 0.6) is 0 Å². The monoisotopic (exact) mass is 756 g/mol. The molecule has 23 unspecified atom stereocenters. The molecule has 14 heteroatoms. The summed E-state index contributed by atoms with van der Waals surface area (Å²) >= 11 is 0. The minimum absolute atomic E-state index is 0.0631. The van der Waals surface area contributed by atoms with E-state index in [1.54, 1.807) is 0 Å². The fourth-order valence-corrected chi connectivity index (χ4v) is 13.2. The Labute approximate surface area is 312 Å². The molecule has 4 aliphatic carbocycles. The summed E-state index contributed by atoms with van der Waals surface area (Å²) in [5.41, 5.74) is -1.96. The zero-order valence-electron chi connectivity index (χ0n) is 31.8. The van der Waals surface area contributed by atoms with Gasteiger partial charge in [-0.15, -0.1) is 0 Å². The molecule has 8 aliphatic rings. The molecule has 8 fully saturated rings. The Bertz CT molecular complexity index is 1330. The Morgan fingerprint density at radius 2 is 1.47 bits per heavy atom. The molecule has 0 aromatic rings. The first-order valence-electron chi connectivity index (χ1n) is 20.3. The smallest absolute Gasteiger partial charge is 0.187 e. The summed E-state index contributed by atoms with van der Waals surface area (Å²) in [6.45, 7) is 10.7. The van der Waals surface area contributed by atoms with E-state index in [-0.39, 0.29) is 29.8 Å². The van der Waals surface area contributed by atoms with Crippen LogP contribution in [-0.2, 0) is 28.4 Å². The zero-order valence-corrected chi connectivity index (χ0v) is 31.8. The largest absolute Gasteiger partial charge is 0.394 e. The number of rotatable bonds is 5. The lowest BCUT2D eigenvalue weighted by molar-refractivity contribution is -0.364. The normalized spacial score (nSPS) is 61.0. The van der Waals surface area contributed by atoms with Crippen LogP contribution >= 0.6 is 0 Å². The van der Waals surface area contributed by atoms with Gasteiger partial charge >= 0.3 is 0 Å². The second-order valence-corrected chi connectivity index (χ2v) is 19.0. The first kappa shape index (κ1) is 39.3. The predicted molar refractivity (Wildman–Crippen MR) is 184 cm³/mol. The maximum atomic E-state index is 12.5. The van der Waals surface area contributed by atoms with Gasteiger partial charge in [-0.2, -0.15) is 0 Å². The summed E-state index contributed by atoms with van der Waals surface area (Å²) in [7, 11) is 0. The van der Waals surface area contributed by atoms with Gasteiger partial charge in [-0.3, -0.25) is 0 Å². The maximum Gasteiger partial charge on any atom is 0.187 e. The third kappa shape index (κ3) is 5.86. The topological polar surface area (TPSA) is 217 Å². The van der Waals surface area contributed by atoms with Crippen LogP contribution in [-0.4, -0.2) is 145 Å². The molecular weight excluding hydrogens is 692 g/mol. The zero-order chi connectivity index (χ0) is 38.0. The lowest BCUT2D eigenvalue weighted by atomic mass is 9.42. The molecule has 8 N–H and O–H groups in total. The summed E-state index contributed by atoms with van der Waals surface area (Å²) in [5.74, 6) is 1.57. The van der Waals surface area contributed by atoms with Gasteiger partial charge in [-0.1, -0.05) is 27.7 Å². The van der Waals surface area contributed by atoms with Crippen molar-refractivity contribution in [1.29, 1.82) is 0 Å². The van der Waals surface area contributed by atoms with Gasteiger partial charge in [0.05, 0.1) is 43.2 Å². The van der Waals surface area contributed by atoms with Crippen LogP contribution in [0, 0.1) is 46.3 Å². The molecule has 0 aromatic heterocycles. The van der Waals surface area contributed by atoms with Gasteiger partial charge in [0.2, 0.25) is 0 Å².